The van der Waals surface area contributed by atoms with Gasteiger partial charge in [0.1, 0.15) is 0 Å². The van der Waals surface area contributed by atoms with Gasteiger partial charge in [0.25, 0.3) is 0 Å². The van der Waals surface area contributed by atoms with Gasteiger partial charge >= 0.3 is 0 Å². The summed E-state index contributed by atoms with van der Waals surface area (Å²) in [5.74, 6) is 2.07. The molecule has 0 aromatic heterocycles. The van der Waals surface area contributed by atoms with Gasteiger partial charge in [-0.05, 0) is 31.1 Å². The summed E-state index contributed by atoms with van der Waals surface area (Å²) in [6, 6.07) is 0. The molecule has 0 N–H and O–H groups in total. The molecule has 3 heteroatoms. The summed E-state index contributed by atoms with van der Waals surface area (Å²) in [7, 11) is 6.62. The average Bonchev–Trinajstić information content (AvgIpc) is 2.29. The number of rotatable bonds is 6. The first-order chi connectivity index (χ1) is 9.60. The van der Waals surface area contributed by atoms with Crippen molar-refractivity contribution in [1.82, 2.24) is 4.90 Å². The van der Waals surface area contributed by atoms with Crippen molar-refractivity contribution in [2.24, 2.45) is 17.8 Å². The Bertz CT molecular complexity index is 381. The summed E-state index contributed by atoms with van der Waals surface area (Å²) in [5, 5.41) is 0. The van der Waals surface area contributed by atoms with Gasteiger partial charge < -0.3 is 9.38 Å². The molecule has 122 valence electrons. The van der Waals surface area contributed by atoms with Crippen LogP contribution in [0.3, 0.4) is 0 Å². The third kappa shape index (κ3) is 6.21. The zero-order chi connectivity index (χ0) is 16.2. The molecule has 0 aliphatic heterocycles. The van der Waals surface area contributed by atoms with Crippen LogP contribution in [0, 0.1) is 17.8 Å². The Morgan fingerprint density at radius 2 is 1.95 bits per heavy atom. The monoisotopic (exact) mass is 295 g/mol. The molecule has 0 fully saturated rings. The highest BCUT2D eigenvalue weighted by Gasteiger charge is 2.29. The smallest absolute Gasteiger partial charge is 0.219 e. The summed E-state index contributed by atoms with van der Waals surface area (Å²) in [5.41, 5.74) is 1.51. The third-order valence-corrected chi connectivity index (χ3v) is 4.73. The number of nitrogens with zero attached hydrogens (tertiary/aromatic N) is 2. The lowest BCUT2D eigenvalue weighted by Crippen LogP contribution is -2.42. The van der Waals surface area contributed by atoms with Crippen molar-refractivity contribution in [1.29, 1.82) is 0 Å². The van der Waals surface area contributed by atoms with Gasteiger partial charge in [0.2, 0.25) is 5.91 Å². The Morgan fingerprint density at radius 3 is 2.43 bits per heavy atom. The predicted molar refractivity (Wildman–Crippen MR) is 90.0 cm³/mol. The van der Waals surface area contributed by atoms with Gasteiger partial charge in [0.15, 0.2) is 0 Å². The first-order valence-corrected chi connectivity index (χ1v) is 8.33. The molecule has 1 aliphatic rings. The number of quaternary nitrogens is 1. The summed E-state index contributed by atoms with van der Waals surface area (Å²) >= 11 is 0. The van der Waals surface area contributed by atoms with E-state index in [1.54, 1.807) is 6.92 Å². The highest BCUT2D eigenvalue weighted by atomic mass is 16.2. The molecule has 0 aromatic carbocycles. The Morgan fingerprint density at radius 1 is 1.33 bits per heavy atom. The van der Waals surface area contributed by atoms with Crippen LogP contribution in [0.1, 0.15) is 40.5 Å². The summed E-state index contributed by atoms with van der Waals surface area (Å²) in [6.07, 6.45) is 4.65. The maximum absolute atomic E-state index is 12.0. The zero-order valence-corrected chi connectivity index (χ0v) is 15.1. The van der Waals surface area contributed by atoms with Gasteiger partial charge in [0.05, 0.1) is 27.7 Å². The van der Waals surface area contributed by atoms with E-state index in [2.05, 4.69) is 52.9 Å². The second-order valence-electron chi connectivity index (χ2n) is 8.05. The lowest BCUT2D eigenvalue weighted by molar-refractivity contribution is -0.870. The van der Waals surface area contributed by atoms with E-state index >= 15 is 0 Å². The van der Waals surface area contributed by atoms with E-state index in [0.29, 0.717) is 17.8 Å². The molecule has 0 radical (unpaired) electrons. The van der Waals surface area contributed by atoms with E-state index < -0.39 is 0 Å². The Hall–Kier alpha value is -0.830. The normalized spacial score (nSPS) is 26.4. The van der Waals surface area contributed by atoms with Crippen LogP contribution in [-0.2, 0) is 4.79 Å². The van der Waals surface area contributed by atoms with Crippen LogP contribution in [0.25, 0.3) is 0 Å². The number of amides is 1. The van der Waals surface area contributed by atoms with Crippen LogP contribution in [-0.4, -0.2) is 56.1 Å². The summed E-state index contributed by atoms with van der Waals surface area (Å²) in [4.78, 5) is 14.0. The molecule has 0 saturated carbocycles. The van der Waals surface area contributed by atoms with E-state index in [0.717, 1.165) is 30.5 Å². The fourth-order valence-corrected chi connectivity index (χ4v) is 3.53. The molecule has 0 aromatic rings. The average molecular weight is 295 g/mol. The molecular formula is C18H35N2O+. The van der Waals surface area contributed by atoms with E-state index in [1.807, 2.05) is 0 Å². The summed E-state index contributed by atoms with van der Waals surface area (Å²) < 4.78 is 0.962. The Labute approximate surface area is 131 Å². The fourth-order valence-electron chi connectivity index (χ4n) is 3.53. The minimum absolute atomic E-state index is 0.224. The Balaban J connectivity index is 2.60. The standard InChI is InChI=1S/C18H35N2O/c1-14-11-15(2)18(16(3)12-14)13-19(17(4)21)9-8-10-20(5,6)7/h11,15-16,18H,8-10,12-13H2,1-7H3/q+1/t15-,16-,18-/m0/s1. The van der Waals surface area contributed by atoms with Crippen LogP contribution in [0.2, 0.25) is 0 Å². The largest absolute Gasteiger partial charge is 0.342 e. The molecule has 21 heavy (non-hydrogen) atoms. The SMILES string of the molecule is CC(=O)N(CCC[N+](C)(C)C)C[C@H]1[C@@H](C)C=C(C)C[C@@H]1C. The van der Waals surface area contributed by atoms with Gasteiger partial charge in [-0.2, -0.15) is 0 Å². The highest BCUT2D eigenvalue weighted by Crippen LogP contribution is 2.34. The lowest BCUT2D eigenvalue weighted by Gasteiger charge is -2.37. The quantitative estimate of drug-likeness (QED) is 0.544. The van der Waals surface area contributed by atoms with Crippen LogP contribution >= 0.6 is 0 Å². The molecule has 3 nitrogen and oxygen atoms in total. The van der Waals surface area contributed by atoms with Crippen molar-refractivity contribution in [3.05, 3.63) is 11.6 Å². The second-order valence-corrected chi connectivity index (χ2v) is 8.05. The number of carbonyl (C=O) groups excluding carboxylic acids is 1. The van der Waals surface area contributed by atoms with Crippen molar-refractivity contribution in [2.45, 2.75) is 40.5 Å². The minimum atomic E-state index is 0.224. The van der Waals surface area contributed by atoms with Crippen LogP contribution in [0.4, 0.5) is 0 Å². The van der Waals surface area contributed by atoms with Gasteiger partial charge in [-0.15, -0.1) is 0 Å². The topological polar surface area (TPSA) is 20.3 Å². The molecule has 0 unspecified atom stereocenters. The van der Waals surface area contributed by atoms with Gasteiger partial charge in [-0.25, -0.2) is 0 Å². The predicted octanol–water partition coefficient (Wildman–Crippen LogP) is 3.17. The van der Waals surface area contributed by atoms with Crippen molar-refractivity contribution >= 4 is 5.91 Å². The van der Waals surface area contributed by atoms with Crippen LogP contribution in [0.5, 0.6) is 0 Å². The molecule has 1 rings (SSSR count). The van der Waals surface area contributed by atoms with Gasteiger partial charge in [-0.3, -0.25) is 4.79 Å². The van der Waals surface area contributed by atoms with Crippen LogP contribution < -0.4 is 0 Å². The first kappa shape index (κ1) is 18.2. The number of hydrogen-bond acceptors (Lipinski definition) is 1. The number of allylic oxidation sites excluding steroid dienone is 2. The third-order valence-electron chi connectivity index (χ3n) is 4.73. The van der Waals surface area contributed by atoms with E-state index in [9.17, 15) is 4.79 Å². The fraction of sp³-hybridized carbons (Fsp3) is 0.833. The van der Waals surface area contributed by atoms with Crippen molar-refractivity contribution in [2.75, 3.05) is 40.8 Å². The maximum Gasteiger partial charge on any atom is 0.219 e. The Kier molecular flexibility index (Phi) is 6.45. The highest BCUT2D eigenvalue weighted by molar-refractivity contribution is 5.73. The molecule has 1 amide bonds. The van der Waals surface area contributed by atoms with Crippen molar-refractivity contribution in [3.8, 4) is 0 Å². The van der Waals surface area contributed by atoms with E-state index in [1.165, 1.54) is 12.0 Å². The number of hydrogen-bond donors (Lipinski definition) is 0. The molecular weight excluding hydrogens is 260 g/mol. The van der Waals surface area contributed by atoms with E-state index in [-0.39, 0.29) is 5.91 Å². The zero-order valence-electron chi connectivity index (χ0n) is 15.1. The maximum atomic E-state index is 12.0. The van der Waals surface area contributed by atoms with Gasteiger partial charge in [0, 0.05) is 26.4 Å². The summed E-state index contributed by atoms with van der Waals surface area (Å²) in [6.45, 7) is 11.5. The molecule has 0 saturated heterocycles. The lowest BCUT2D eigenvalue weighted by atomic mass is 9.74. The van der Waals surface area contributed by atoms with Crippen molar-refractivity contribution < 1.29 is 9.28 Å². The number of carbonyl (C=O) groups is 1. The molecule has 1 aliphatic carbocycles. The van der Waals surface area contributed by atoms with Gasteiger partial charge in [-0.1, -0.05) is 25.5 Å². The first-order valence-electron chi connectivity index (χ1n) is 8.33. The van der Waals surface area contributed by atoms with Crippen molar-refractivity contribution in [3.63, 3.8) is 0 Å². The second kappa shape index (κ2) is 7.44. The van der Waals surface area contributed by atoms with Crippen LogP contribution in [0.15, 0.2) is 11.6 Å². The van der Waals surface area contributed by atoms with E-state index in [4.69, 9.17) is 0 Å². The molecule has 3 atom stereocenters. The molecule has 0 bridgehead atoms. The molecule has 0 spiro atoms. The molecule has 0 heterocycles. The minimum Gasteiger partial charge on any atom is -0.342 e.